The Morgan fingerprint density at radius 1 is 0.742 bits per heavy atom. The second-order valence-corrected chi connectivity index (χ2v) is 18.0. The van der Waals surface area contributed by atoms with Crippen LogP contribution < -0.4 is 31.9 Å². The van der Waals surface area contributed by atoms with E-state index in [-0.39, 0.29) is 60.7 Å². The first-order valence-electron chi connectivity index (χ1n) is 22.4. The van der Waals surface area contributed by atoms with Crippen molar-refractivity contribution in [1.29, 1.82) is 0 Å². The van der Waals surface area contributed by atoms with Crippen LogP contribution in [0.4, 0.5) is 0 Å². The van der Waals surface area contributed by atoms with E-state index >= 15 is 0 Å². The van der Waals surface area contributed by atoms with E-state index < -0.39 is 48.1 Å². The van der Waals surface area contributed by atoms with E-state index in [0.29, 0.717) is 37.9 Å². The molecule has 0 spiro atoms. The van der Waals surface area contributed by atoms with Crippen molar-refractivity contribution in [1.82, 2.24) is 56.7 Å². The second kappa shape index (κ2) is 22.2. The number of benzene rings is 1. The number of fused-ring (bicyclic) bond motifs is 2. The third kappa shape index (κ3) is 11.7. The Kier molecular flexibility index (Phi) is 16.8. The van der Waals surface area contributed by atoms with E-state index in [2.05, 4.69) is 51.5 Å². The number of hydrogen-bond donors (Lipinski definition) is 6. The normalized spacial score (nSPS) is 26.1. The topological polar surface area (TPSA) is 221 Å². The van der Waals surface area contributed by atoms with E-state index in [1.165, 1.54) is 0 Å². The number of carbonyl (C=O) groups excluding carboxylic acids is 6. The molecule has 2 aromatic rings. The number of nitrogens with one attached hydrogen (secondary N) is 6. The van der Waals surface area contributed by atoms with Gasteiger partial charge in [0.1, 0.15) is 29.9 Å². The molecule has 4 fully saturated rings. The molecular formula is C43H66N11O7P. The summed E-state index contributed by atoms with van der Waals surface area (Å²) in [7, 11) is 6.02. The zero-order chi connectivity index (χ0) is 44.3. The number of rotatable bonds is 17. The lowest BCUT2D eigenvalue weighted by molar-refractivity contribution is -0.144. The van der Waals surface area contributed by atoms with Crippen LogP contribution in [0.3, 0.4) is 0 Å². The van der Waals surface area contributed by atoms with Crippen molar-refractivity contribution in [2.45, 2.75) is 164 Å². The lowest BCUT2D eigenvalue weighted by Crippen LogP contribution is -2.58. The molecule has 6 N–H and O–H groups in total. The van der Waals surface area contributed by atoms with Gasteiger partial charge in [0.2, 0.25) is 35.4 Å². The fraction of sp³-hybridized carbons (Fsp3) is 0.674. The van der Waals surface area contributed by atoms with Gasteiger partial charge in [0.05, 0.1) is 49.9 Å². The summed E-state index contributed by atoms with van der Waals surface area (Å²) in [5.74, 6) is -1.83. The zero-order valence-electron chi connectivity index (χ0n) is 36.5. The molecule has 0 saturated carbocycles. The fourth-order valence-corrected chi connectivity index (χ4v) is 9.56. The maximum Gasteiger partial charge on any atom is 0.246 e. The predicted octanol–water partition coefficient (Wildman–Crippen LogP) is 1.02. The molecule has 1 aromatic heterocycles. The highest BCUT2D eigenvalue weighted by molar-refractivity contribution is 7.17. The van der Waals surface area contributed by atoms with Crippen LogP contribution >= 0.6 is 9.24 Å². The summed E-state index contributed by atoms with van der Waals surface area (Å²) in [6.45, 7) is 4.03. The van der Waals surface area contributed by atoms with E-state index in [1.807, 2.05) is 30.3 Å². The number of aromatic nitrogens is 3. The molecule has 340 valence electrons. The number of carbonyl (C=O) groups is 6. The van der Waals surface area contributed by atoms with Crippen LogP contribution in [0.15, 0.2) is 36.5 Å². The van der Waals surface area contributed by atoms with Crippen LogP contribution in [0, 0.1) is 0 Å². The monoisotopic (exact) mass is 879 g/mol. The fourth-order valence-electron chi connectivity index (χ4n) is 9.18. The summed E-state index contributed by atoms with van der Waals surface area (Å²) in [5.41, 5.74) is 1.41. The quantitative estimate of drug-likeness (QED) is 0.123. The standard InChI is InChI=1S/C43H66N11O7P/c1-26(44-3)38(55)46-32-16-10-8-14-30-18-20-35(53(30)42(32)59)40(57)48-34(28-12-6-5-7-13-28)25-61-24-29-22-52(51-50-29)23-37(62)49-41(58)36-21-19-31-15-9-11-17-33(43(60)54(31)36)47-39(56)27(2)45-4/h5-7,12-13,22,26-27,30-37,44-45H,8-11,14-21,23-25,62H2,1-4H3,(H,46,55)(H,47,56)(H,48,57)(H,49,58)/t26-,27-,30-,31-,32-,33-,34+,35-,36-,37-/m0/s1. The summed E-state index contributed by atoms with van der Waals surface area (Å²) in [6.07, 6.45) is 10.5. The van der Waals surface area contributed by atoms with Crippen molar-refractivity contribution in [2.75, 3.05) is 20.7 Å². The minimum Gasteiger partial charge on any atom is -0.373 e. The van der Waals surface area contributed by atoms with Crippen LogP contribution in [-0.4, -0.2) is 135 Å². The second-order valence-electron chi connectivity index (χ2n) is 17.2. The van der Waals surface area contributed by atoms with Crippen molar-refractivity contribution >= 4 is 44.7 Å². The van der Waals surface area contributed by atoms with Crippen molar-refractivity contribution < 1.29 is 33.5 Å². The van der Waals surface area contributed by atoms with Crippen LogP contribution in [-0.2, 0) is 46.7 Å². The molecule has 1 unspecified atom stereocenters. The molecule has 62 heavy (non-hydrogen) atoms. The van der Waals surface area contributed by atoms with Crippen LogP contribution in [0.25, 0.3) is 0 Å². The highest BCUT2D eigenvalue weighted by Gasteiger charge is 2.46. The van der Waals surface area contributed by atoms with Gasteiger partial charge in [-0.3, -0.25) is 28.8 Å². The lowest BCUT2D eigenvalue weighted by atomic mass is 9.98. The summed E-state index contributed by atoms with van der Waals surface area (Å²) in [4.78, 5) is 84.4. The number of ether oxygens (including phenoxy) is 1. The Labute approximate surface area is 366 Å². The van der Waals surface area contributed by atoms with Gasteiger partial charge in [-0.1, -0.05) is 61.2 Å². The third-order valence-electron chi connectivity index (χ3n) is 12.9. The lowest BCUT2D eigenvalue weighted by Gasteiger charge is -2.36. The maximum absolute atomic E-state index is 14.1. The zero-order valence-corrected chi connectivity index (χ0v) is 37.7. The number of nitrogens with zero attached hydrogens (tertiary/aromatic N) is 5. The van der Waals surface area contributed by atoms with Gasteiger partial charge >= 0.3 is 0 Å². The van der Waals surface area contributed by atoms with Gasteiger partial charge in [0.15, 0.2) is 0 Å². The Hall–Kier alpha value is -4.51. The molecule has 11 atom stereocenters. The molecule has 4 saturated heterocycles. The predicted molar refractivity (Wildman–Crippen MR) is 234 cm³/mol. The first kappa shape index (κ1) is 47.0. The third-order valence-corrected chi connectivity index (χ3v) is 13.3. The molecule has 19 heteroatoms. The number of likely N-dealkylation sites (N-methyl/N-ethyl adjacent to an activating group) is 2. The van der Waals surface area contributed by atoms with Crippen LogP contribution in [0.1, 0.15) is 108 Å². The summed E-state index contributed by atoms with van der Waals surface area (Å²) >= 11 is 0. The van der Waals surface area contributed by atoms with Crippen molar-refractivity contribution in [2.24, 2.45) is 0 Å². The molecule has 0 bridgehead atoms. The van der Waals surface area contributed by atoms with Gasteiger partial charge in [-0.25, -0.2) is 4.68 Å². The molecule has 4 aliphatic heterocycles. The molecule has 18 nitrogen and oxygen atoms in total. The van der Waals surface area contributed by atoms with Crippen molar-refractivity contribution in [3.63, 3.8) is 0 Å². The average Bonchev–Trinajstić information content (AvgIpc) is 4.02. The molecule has 4 aliphatic rings. The van der Waals surface area contributed by atoms with Gasteiger partial charge in [0, 0.05) is 12.1 Å². The van der Waals surface area contributed by atoms with Crippen molar-refractivity contribution in [3.8, 4) is 0 Å². The number of hydrogen-bond acceptors (Lipinski definition) is 11. The van der Waals surface area contributed by atoms with Gasteiger partial charge in [0.25, 0.3) is 0 Å². The van der Waals surface area contributed by atoms with Crippen molar-refractivity contribution in [3.05, 3.63) is 47.8 Å². The van der Waals surface area contributed by atoms with Gasteiger partial charge in [-0.2, -0.15) is 0 Å². The highest BCUT2D eigenvalue weighted by atomic mass is 31.0. The average molecular weight is 880 g/mol. The summed E-state index contributed by atoms with van der Waals surface area (Å²) in [5, 5.41) is 26.4. The smallest absolute Gasteiger partial charge is 0.246 e. The molecule has 6 amide bonds. The molecule has 0 radical (unpaired) electrons. The highest BCUT2D eigenvalue weighted by Crippen LogP contribution is 2.33. The largest absolute Gasteiger partial charge is 0.373 e. The van der Waals surface area contributed by atoms with E-state index in [9.17, 15) is 28.8 Å². The number of amides is 6. The minimum absolute atomic E-state index is 0.0424. The Balaban J connectivity index is 1.02. The molecule has 0 aliphatic carbocycles. The van der Waals surface area contributed by atoms with Crippen LogP contribution in [0.5, 0.6) is 0 Å². The first-order chi connectivity index (χ1) is 29.9. The molecule has 1 aromatic carbocycles. The van der Waals surface area contributed by atoms with E-state index in [1.54, 1.807) is 48.6 Å². The first-order valence-corrected chi connectivity index (χ1v) is 23.0. The summed E-state index contributed by atoms with van der Waals surface area (Å²) < 4.78 is 7.75. The molecule has 6 rings (SSSR count). The summed E-state index contributed by atoms with van der Waals surface area (Å²) in [6, 6.07) is 5.35. The molecular weight excluding hydrogens is 814 g/mol. The van der Waals surface area contributed by atoms with Gasteiger partial charge in [-0.15, -0.1) is 14.3 Å². The minimum atomic E-state index is -0.689. The van der Waals surface area contributed by atoms with E-state index in [4.69, 9.17) is 4.74 Å². The molecule has 5 heterocycles. The SMILES string of the molecule is CN[C@@H](C)C(=O)N[C@H]1CCCC[C@H]2CC[C@@H](C(=O)N[C@@H](P)Cn3cc(COC[C@@H](NC(=O)[C@@H]4CC[C@@H]5CCCC[C@H](NC(=O)[C@H](C)NC)C(=O)N54)c4ccccc4)nn3)N2C1=O. The Bertz CT molecular complexity index is 1870. The van der Waals surface area contributed by atoms with Gasteiger partial charge in [-0.05, 0) is 84.9 Å². The maximum atomic E-state index is 14.1. The van der Waals surface area contributed by atoms with Gasteiger partial charge < -0.3 is 46.4 Å². The van der Waals surface area contributed by atoms with E-state index in [0.717, 1.165) is 56.9 Å². The Morgan fingerprint density at radius 3 is 1.79 bits per heavy atom. The Morgan fingerprint density at radius 2 is 1.26 bits per heavy atom. The van der Waals surface area contributed by atoms with Crippen LogP contribution in [0.2, 0.25) is 0 Å².